The lowest BCUT2D eigenvalue weighted by Crippen LogP contribution is -2.54. The highest BCUT2D eigenvalue weighted by atomic mass is 35.5. The second-order valence-electron chi connectivity index (χ2n) is 6.00. The van der Waals surface area contributed by atoms with Crippen LogP contribution < -0.4 is 0 Å². The van der Waals surface area contributed by atoms with Gasteiger partial charge in [-0.3, -0.25) is 4.79 Å². The number of piperidine rings is 3. The molecule has 5 rings (SSSR count). The van der Waals surface area contributed by atoms with Gasteiger partial charge in [0.05, 0.1) is 0 Å². The molecule has 0 radical (unpaired) electrons. The molecule has 0 aromatic heterocycles. The van der Waals surface area contributed by atoms with Crippen LogP contribution in [0.15, 0.2) is 24.3 Å². The van der Waals surface area contributed by atoms with Crippen molar-refractivity contribution < 1.29 is 4.79 Å². The Morgan fingerprint density at radius 1 is 1.16 bits per heavy atom. The Morgan fingerprint density at radius 2 is 1.95 bits per heavy atom. The molecular weight excluding hydrogens is 260 g/mol. The molecule has 4 aliphatic rings. The molecule has 4 fully saturated rings. The van der Waals surface area contributed by atoms with Gasteiger partial charge in [0.15, 0.2) is 0 Å². The van der Waals surface area contributed by atoms with E-state index in [4.69, 9.17) is 11.6 Å². The third-order valence-corrected chi connectivity index (χ3v) is 5.25. The summed E-state index contributed by atoms with van der Waals surface area (Å²) < 4.78 is 0. The molecule has 1 aromatic rings. The van der Waals surface area contributed by atoms with Gasteiger partial charge in [-0.05, 0) is 49.1 Å². The molecule has 100 valence electrons. The number of benzene rings is 1. The topological polar surface area (TPSA) is 23.6 Å². The van der Waals surface area contributed by atoms with E-state index in [0.717, 1.165) is 24.6 Å². The van der Waals surface area contributed by atoms with Crippen LogP contribution in [0.25, 0.3) is 0 Å². The number of hydrogen-bond acceptors (Lipinski definition) is 2. The van der Waals surface area contributed by atoms with Crippen molar-refractivity contribution in [2.24, 2.45) is 11.8 Å². The Bertz CT molecular complexity index is 515. The zero-order valence-corrected chi connectivity index (χ0v) is 11.5. The van der Waals surface area contributed by atoms with Crippen LogP contribution >= 0.6 is 11.6 Å². The van der Waals surface area contributed by atoms with E-state index in [0.29, 0.717) is 17.0 Å². The average molecular weight is 277 g/mol. The lowest BCUT2D eigenvalue weighted by Gasteiger charge is -2.44. The third-order valence-electron chi connectivity index (χ3n) is 5.00. The average Bonchev–Trinajstić information content (AvgIpc) is 2.71. The quantitative estimate of drug-likeness (QED) is 0.784. The van der Waals surface area contributed by atoms with Crippen molar-refractivity contribution >= 4 is 17.5 Å². The predicted molar refractivity (Wildman–Crippen MR) is 74.3 cm³/mol. The Labute approximate surface area is 118 Å². The van der Waals surface area contributed by atoms with Gasteiger partial charge in [0, 0.05) is 36.3 Å². The highest BCUT2D eigenvalue weighted by molar-refractivity contribution is 6.30. The lowest BCUT2D eigenvalue weighted by atomic mass is 9.80. The van der Waals surface area contributed by atoms with E-state index in [9.17, 15) is 4.79 Å². The van der Waals surface area contributed by atoms with E-state index in [1.165, 1.54) is 19.5 Å². The largest absolute Gasteiger partial charge is 0.334 e. The van der Waals surface area contributed by atoms with Crippen molar-refractivity contribution in [3.63, 3.8) is 0 Å². The summed E-state index contributed by atoms with van der Waals surface area (Å²) in [4.78, 5) is 17.3. The molecule has 1 amide bonds. The van der Waals surface area contributed by atoms with Gasteiger partial charge >= 0.3 is 0 Å². The molecule has 0 saturated carbocycles. The van der Waals surface area contributed by atoms with Crippen LogP contribution in [0.4, 0.5) is 0 Å². The fourth-order valence-electron chi connectivity index (χ4n) is 4.10. The van der Waals surface area contributed by atoms with Crippen LogP contribution in [0.1, 0.15) is 16.8 Å². The fourth-order valence-corrected chi connectivity index (χ4v) is 4.23. The molecule has 3 nitrogen and oxygen atoms in total. The van der Waals surface area contributed by atoms with Gasteiger partial charge in [0.2, 0.25) is 0 Å². The molecule has 0 N–H and O–H groups in total. The Balaban J connectivity index is 1.60. The minimum atomic E-state index is 0.179. The summed E-state index contributed by atoms with van der Waals surface area (Å²) in [5, 5.41) is 0.682. The second kappa shape index (κ2) is 4.22. The van der Waals surface area contributed by atoms with Crippen LogP contribution in [-0.2, 0) is 0 Å². The number of fused-ring (bicyclic) bond motifs is 1. The van der Waals surface area contributed by atoms with E-state index in [1.807, 2.05) is 12.1 Å². The van der Waals surface area contributed by atoms with Crippen LogP contribution in [0.2, 0.25) is 5.02 Å². The number of amides is 1. The standard InChI is InChI=1S/C15H17ClN2O/c16-12-3-1-10(2-4-12)15(19)18-8-11-7-17-6-5-13(11)14(18)9-17/h1-4,11,13-14H,5-9H2. The van der Waals surface area contributed by atoms with Crippen molar-refractivity contribution in [2.45, 2.75) is 12.5 Å². The Kier molecular flexibility index (Phi) is 2.61. The summed E-state index contributed by atoms with van der Waals surface area (Å²) in [5.74, 6) is 1.61. The molecule has 1 aromatic carbocycles. The van der Waals surface area contributed by atoms with Crippen molar-refractivity contribution in [3.8, 4) is 0 Å². The van der Waals surface area contributed by atoms with Gasteiger partial charge < -0.3 is 9.80 Å². The van der Waals surface area contributed by atoms with Gasteiger partial charge in [-0.25, -0.2) is 0 Å². The smallest absolute Gasteiger partial charge is 0.254 e. The summed E-state index contributed by atoms with van der Waals surface area (Å²) >= 11 is 5.88. The Morgan fingerprint density at radius 3 is 2.63 bits per heavy atom. The van der Waals surface area contributed by atoms with Crippen molar-refractivity contribution in [1.82, 2.24) is 9.80 Å². The summed E-state index contributed by atoms with van der Waals surface area (Å²) in [7, 11) is 0. The zero-order valence-electron chi connectivity index (χ0n) is 10.8. The molecule has 4 heteroatoms. The van der Waals surface area contributed by atoms with E-state index in [1.54, 1.807) is 12.1 Å². The SMILES string of the molecule is O=C(c1ccc(Cl)cc1)N1CC2CN3CCC2C1C3. The number of likely N-dealkylation sites (tertiary alicyclic amines) is 1. The maximum Gasteiger partial charge on any atom is 0.254 e. The van der Waals surface area contributed by atoms with Crippen LogP contribution in [-0.4, -0.2) is 47.9 Å². The molecule has 19 heavy (non-hydrogen) atoms. The maximum atomic E-state index is 12.6. The number of nitrogens with zero attached hydrogens (tertiary/aromatic N) is 2. The lowest BCUT2D eigenvalue weighted by molar-refractivity contribution is 0.0422. The molecule has 4 atom stereocenters. The molecule has 4 unspecified atom stereocenters. The van der Waals surface area contributed by atoms with E-state index >= 15 is 0 Å². The van der Waals surface area contributed by atoms with E-state index < -0.39 is 0 Å². The van der Waals surface area contributed by atoms with E-state index in [-0.39, 0.29) is 5.91 Å². The Hall–Kier alpha value is -1.06. The van der Waals surface area contributed by atoms with Crippen LogP contribution in [0, 0.1) is 11.8 Å². The van der Waals surface area contributed by atoms with Gasteiger partial charge in [-0.15, -0.1) is 0 Å². The minimum absolute atomic E-state index is 0.179. The monoisotopic (exact) mass is 276 g/mol. The summed E-state index contributed by atoms with van der Waals surface area (Å²) in [6, 6.07) is 7.71. The molecule has 4 aliphatic heterocycles. The number of carbonyl (C=O) groups excluding carboxylic acids is 1. The van der Waals surface area contributed by atoms with Crippen LogP contribution in [0.3, 0.4) is 0 Å². The number of carbonyl (C=O) groups is 1. The summed E-state index contributed by atoms with van der Waals surface area (Å²) in [5.41, 5.74) is 0.767. The normalized spacial score (nSPS) is 35.7. The first-order chi connectivity index (χ1) is 9.22. The first kappa shape index (κ1) is 11.7. The summed E-state index contributed by atoms with van der Waals surface area (Å²) in [6.45, 7) is 4.42. The highest BCUT2D eigenvalue weighted by Crippen LogP contribution is 2.41. The molecule has 4 saturated heterocycles. The maximum absolute atomic E-state index is 12.6. The number of rotatable bonds is 1. The predicted octanol–water partition coefficient (Wildman–Crippen LogP) is 2.12. The molecule has 0 spiro atoms. The second-order valence-corrected chi connectivity index (χ2v) is 6.44. The first-order valence-corrected chi connectivity index (χ1v) is 7.39. The van der Waals surface area contributed by atoms with Gasteiger partial charge in [-0.1, -0.05) is 11.6 Å². The van der Waals surface area contributed by atoms with Crippen LogP contribution in [0.5, 0.6) is 0 Å². The zero-order chi connectivity index (χ0) is 13.0. The third kappa shape index (κ3) is 1.79. The van der Waals surface area contributed by atoms with Crippen molar-refractivity contribution in [1.29, 1.82) is 0 Å². The van der Waals surface area contributed by atoms with Gasteiger partial charge in [0.1, 0.15) is 0 Å². The highest BCUT2D eigenvalue weighted by Gasteiger charge is 2.50. The minimum Gasteiger partial charge on any atom is -0.334 e. The number of hydrogen-bond donors (Lipinski definition) is 0. The van der Waals surface area contributed by atoms with E-state index in [2.05, 4.69) is 9.80 Å². The first-order valence-electron chi connectivity index (χ1n) is 7.01. The molecule has 0 aliphatic carbocycles. The van der Waals surface area contributed by atoms with Crippen molar-refractivity contribution in [2.75, 3.05) is 26.2 Å². The molecule has 4 bridgehead atoms. The van der Waals surface area contributed by atoms with Gasteiger partial charge in [0.25, 0.3) is 5.91 Å². The number of halogens is 1. The van der Waals surface area contributed by atoms with Crippen molar-refractivity contribution in [3.05, 3.63) is 34.9 Å². The molecular formula is C15H17ClN2O. The summed E-state index contributed by atoms with van der Waals surface area (Å²) in [6.07, 6.45) is 1.26. The molecule has 4 heterocycles. The fraction of sp³-hybridized carbons (Fsp3) is 0.533. The van der Waals surface area contributed by atoms with Gasteiger partial charge in [-0.2, -0.15) is 0 Å².